The molecule has 168 valence electrons. The zero-order chi connectivity index (χ0) is 23.6. The summed E-state index contributed by atoms with van der Waals surface area (Å²) in [4.78, 5) is 20.1. The van der Waals surface area contributed by atoms with Crippen LogP contribution in [-0.2, 0) is 20.8 Å². The van der Waals surface area contributed by atoms with Gasteiger partial charge in [0.2, 0.25) is 0 Å². The van der Waals surface area contributed by atoms with E-state index in [1.165, 1.54) is 0 Å². The van der Waals surface area contributed by atoms with Crippen LogP contribution in [0.25, 0.3) is 11.0 Å². The summed E-state index contributed by atoms with van der Waals surface area (Å²) in [5.74, 6) is -3.03. The summed E-state index contributed by atoms with van der Waals surface area (Å²) < 4.78 is 18.1. The Morgan fingerprint density at radius 1 is 0.781 bits per heavy atom. The molecule has 7 nitrogen and oxygen atoms in total. The van der Waals surface area contributed by atoms with Crippen LogP contribution >= 0.6 is 0 Å². The van der Waals surface area contributed by atoms with E-state index in [9.17, 15) is 4.55 Å². The lowest BCUT2D eigenvalue weighted by Crippen LogP contribution is -2.09. The summed E-state index contributed by atoms with van der Waals surface area (Å²) in [6.45, 7) is 8.65. The summed E-state index contributed by atoms with van der Waals surface area (Å²) in [7, 11) is 0. The van der Waals surface area contributed by atoms with E-state index in [1.54, 1.807) is 0 Å². The minimum atomic E-state index is -1.82. The summed E-state index contributed by atoms with van der Waals surface area (Å²) >= 11 is -1.24. The first kappa shape index (κ1) is 23.4. The summed E-state index contributed by atoms with van der Waals surface area (Å²) in [5.41, 5.74) is 4.36. The highest BCUT2D eigenvalue weighted by atomic mass is 32.2. The number of carboxylic acid groups (broad SMARTS) is 2. The van der Waals surface area contributed by atoms with Gasteiger partial charge in [0.25, 0.3) is 0 Å². The van der Waals surface area contributed by atoms with Gasteiger partial charge in [-0.05, 0) is 36.1 Å². The van der Waals surface area contributed by atoms with Crippen LogP contribution in [-0.4, -0.2) is 35.5 Å². The van der Waals surface area contributed by atoms with Crippen LogP contribution in [0.3, 0.4) is 0 Å². The Balaban J connectivity index is 0.000000427. The maximum absolute atomic E-state index is 13.9. The molecular weight excluding hydrogens is 428 g/mol. The maximum Gasteiger partial charge on any atom is 0.414 e. The molecule has 32 heavy (non-hydrogen) atoms. The topological polar surface area (TPSA) is 106 Å². The molecule has 0 saturated carbocycles. The SMILES string of the molecule is CC(C)c1cn2ccccc2c1[S+]([O-])c1c(C(C)C)cn2ccccc12.O=C(O)C(=O)O. The van der Waals surface area contributed by atoms with Crippen molar-refractivity contribution in [2.75, 3.05) is 0 Å². The Bertz CT molecular complexity index is 1170. The zero-order valence-corrected chi connectivity index (χ0v) is 19.2. The molecule has 0 spiro atoms. The minimum Gasteiger partial charge on any atom is -0.606 e. The number of nitrogens with zero attached hydrogens (tertiary/aromatic N) is 2. The van der Waals surface area contributed by atoms with Crippen molar-refractivity contribution in [1.29, 1.82) is 0 Å². The molecule has 0 saturated heterocycles. The van der Waals surface area contributed by atoms with Crippen LogP contribution in [0, 0.1) is 0 Å². The molecule has 0 atom stereocenters. The Morgan fingerprint density at radius 2 is 1.16 bits per heavy atom. The van der Waals surface area contributed by atoms with Crippen molar-refractivity contribution in [2.45, 2.75) is 49.3 Å². The molecule has 0 radical (unpaired) electrons. The van der Waals surface area contributed by atoms with Gasteiger partial charge in [-0.2, -0.15) is 0 Å². The average Bonchev–Trinajstić information content (AvgIpc) is 3.33. The Hall–Kier alpha value is -3.23. The van der Waals surface area contributed by atoms with E-state index in [4.69, 9.17) is 19.8 Å². The fourth-order valence-electron chi connectivity index (χ4n) is 3.56. The van der Waals surface area contributed by atoms with Gasteiger partial charge in [-0.3, -0.25) is 0 Å². The lowest BCUT2D eigenvalue weighted by Gasteiger charge is -2.15. The molecule has 0 fully saturated rings. The molecule has 2 N–H and O–H groups in total. The van der Waals surface area contributed by atoms with E-state index in [2.05, 4.69) is 61.0 Å². The van der Waals surface area contributed by atoms with Crippen molar-refractivity contribution in [3.05, 3.63) is 72.3 Å². The van der Waals surface area contributed by atoms with Crippen molar-refractivity contribution in [2.24, 2.45) is 0 Å². The first-order valence-corrected chi connectivity index (χ1v) is 11.4. The van der Waals surface area contributed by atoms with E-state index in [-0.39, 0.29) is 0 Å². The maximum atomic E-state index is 13.9. The Labute approximate surface area is 189 Å². The van der Waals surface area contributed by atoms with Crippen molar-refractivity contribution in [1.82, 2.24) is 8.80 Å². The van der Waals surface area contributed by atoms with Crippen LogP contribution in [0.5, 0.6) is 0 Å². The van der Waals surface area contributed by atoms with Crippen molar-refractivity contribution in [3.8, 4) is 0 Å². The number of aromatic nitrogens is 2. The summed E-state index contributed by atoms with van der Waals surface area (Å²) in [6.07, 6.45) is 8.31. The highest BCUT2D eigenvalue weighted by Gasteiger charge is 2.31. The van der Waals surface area contributed by atoms with E-state index < -0.39 is 23.1 Å². The van der Waals surface area contributed by atoms with Gasteiger partial charge < -0.3 is 23.6 Å². The first-order valence-electron chi connectivity index (χ1n) is 10.2. The number of carbonyl (C=O) groups is 2. The van der Waals surface area contributed by atoms with Gasteiger partial charge in [0.05, 0.1) is 0 Å². The van der Waals surface area contributed by atoms with Crippen LogP contribution in [0.15, 0.2) is 71.0 Å². The zero-order valence-electron chi connectivity index (χ0n) is 18.4. The van der Waals surface area contributed by atoms with Crippen LogP contribution in [0.4, 0.5) is 0 Å². The predicted octanol–water partition coefficient (Wildman–Crippen LogP) is 4.76. The van der Waals surface area contributed by atoms with E-state index in [1.807, 2.05) is 36.7 Å². The van der Waals surface area contributed by atoms with Crippen LogP contribution in [0.1, 0.15) is 50.7 Å². The second-order valence-electron chi connectivity index (χ2n) is 8.00. The number of hydrogen-bond acceptors (Lipinski definition) is 3. The second kappa shape index (κ2) is 9.50. The fraction of sp³-hybridized carbons (Fsp3) is 0.250. The van der Waals surface area contributed by atoms with Gasteiger partial charge in [0.1, 0.15) is 11.0 Å². The molecule has 0 aliphatic carbocycles. The largest absolute Gasteiger partial charge is 0.606 e. The number of hydrogen-bond donors (Lipinski definition) is 2. The first-order chi connectivity index (χ1) is 15.1. The highest BCUT2D eigenvalue weighted by Crippen LogP contribution is 2.39. The number of rotatable bonds is 4. The van der Waals surface area contributed by atoms with E-state index >= 15 is 0 Å². The smallest absolute Gasteiger partial charge is 0.414 e. The molecule has 0 aromatic carbocycles. The Kier molecular flexibility index (Phi) is 6.96. The molecule has 0 bridgehead atoms. The lowest BCUT2D eigenvalue weighted by molar-refractivity contribution is -0.159. The molecular formula is C24H26N2O5S. The predicted molar refractivity (Wildman–Crippen MR) is 123 cm³/mol. The second-order valence-corrected chi connectivity index (χ2v) is 9.36. The molecule has 0 unspecified atom stereocenters. The molecule has 4 rings (SSSR count). The molecule has 4 aromatic heterocycles. The standard InChI is InChI=1S/C22H24N2OS.C2H2O4/c1-15(2)17-13-23-11-7-5-9-19(23)21(17)26(25)22-18(16(3)4)14-24-12-8-6-10-20(22)24;3-1(4)2(5)6/h5-16H,1-4H3;(H,3,4)(H,5,6). The number of carboxylic acids is 2. The number of fused-ring (bicyclic) bond motifs is 2. The number of aliphatic carboxylic acids is 2. The molecule has 0 aliphatic rings. The monoisotopic (exact) mass is 454 g/mol. The molecule has 4 aromatic rings. The third kappa shape index (κ3) is 4.51. The highest BCUT2D eigenvalue weighted by molar-refractivity contribution is 7.92. The van der Waals surface area contributed by atoms with E-state index in [0.717, 1.165) is 32.0 Å². The fourth-order valence-corrected chi connectivity index (χ4v) is 5.50. The van der Waals surface area contributed by atoms with Gasteiger partial charge in [-0.25, -0.2) is 9.59 Å². The van der Waals surface area contributed by atoms with Gasteiger partial charge in [-0.15, -0.1) is 0 Å². The lowest BCUT2D eigenvalue weighted by atomic mass is 10.1. The van der Waals surface area contributed by atoms with Crippen molar-refractivity contribution in [3.63, 3.8) is 0 Å². The summed E-state index contributed by atoms with van der Waals surface area (Å²) in [6, 6.07) is 12.2. The molecule has 0 aliphatic heterocycles. The quantitative estimate of drug-likeness (QED) is 0.341. The van der Waals surface area contributed by atoms with Crippen LogP contribution < -0.4 is 0 Å². The van der Waals surface area contributed by atoms with Crippen LogP contribution in [0.2, 0.25) is 0 Å². The molecule has 0 amide bonds. The van der Waals surface area contributed by atoms with Gasteiger partial charge in [-0.1, -0.05) is 39.8 Å². The summed E-state index contributed by atoms with van der Waals surface area (Å²) in [5, 5.41) is 14.8. The van der Waals surface area contributed by atoms with Gasteiger partial charge in [0, 0.05) is 47.1 Å². The van der Waals surface area contributed by atoms with Gasteiger partial charge in [0.15, 0.2) is 9.79 Å². The Morgan fingerprint density at radius 3 is 1.47 bits per heavy atom. The van der Waals surface area contributed by atoms with E-state index in [0.29, 0.717) is 11.8 Å². The van der Waals surface area contributed by atoms with Crippen molar-refractivity contribution < 1.29 is 24.4 Å². The van der Waals surface area contributed by atoms with Crippen molar-refractivity contribution >= 4 is 34.1 Å². The van der Waals surface area contributed by atoms with Gasteiger partial charge >= 0.3 is 11.9 Å². The average molecular weight is 455 g/mol. The molecule has 8 heteroatoms. The third-order valence-corrected chi connectivity index (χ3v) is 6.76. The number of pyridine rings is 2. The normalized spacial score (nSPS) is 11.4. The third-order valence-electron chi connectivity index (χ3n) is 5.12. The minimum absolute atomic E-state index is 0.310. The molecule has 4 heterocycles.